The highest BCUT2D eigenvalue weighted by atomic mass is 32.2. The lowest BCUT2D eigenvalue weighted by Gasteiger charge is -2.26. The lowest BCUT2D eigenvalue weighted by atomic mass is 10.0. The molecule has 1 aliphatic heterocycles. The van der Waals surface area contributed by atoms with Crippen LogP contribution in [0, 0.1) is 27.7 Å². The Morgan fingerprint density at radius 2 is 1.76 bits per heavy atom. The Bertz CT molecular complexity index is 996. The van der Waals surface area contributed by atoms with E-state index >= 15 is 0 Å². The summed E-state index contributed by atoms with van der Waals surface area (Å²) in [5.41, 5.74) is 3.97. The van der Waals surface area contributed by atoms with E-state index in [1.807, 2.05) is 19.9 Å². The van der Waals surface area contributed by atoms with E-state index in [-0.39, 0.29) is 24.4 Å². The number of nitrogens with one attached hydrogen (secondary N) is 1. The number of rotatable bonds is 5. The Morgan fingerprint density at radius 1 is 1.17 bits per heavy atom. The van der Waals surface area contributed by atoms with Gasteiger partial charge >= 0.3 is 0 Å². The number of pyridine rings is 1. The number of aromatic nitrogens is 1. The van der Waals surface area contributed by atoms with Crippen molar-refractivity contribution in [2.45, 2.75) is 57.7 Å². The van der Waals surface area contributed by atoms with E-state index in [1.54, 1.807) is 38.4 Å². The highest BCUT2D eigenvalue weighted by molar-refractivity contribution is 7.89. The Balaban J connectivity index is 1.91. The molecule has 8 heteroatoms. The molecular weight excluding hydrogens is 390 g/mol. The number of nitrogens with zero attached hydrogens (tertiary/aromatic N) is 2. The predicted molar refractivity (Wildman–Crippen MR) is 110 cm³/mol. The van der Waals surface area contributed by atoms with E-state index in [9.17, 15) is 18.3 Å². The van der Waals surface area contributed by atoms with Crippen LogP contribution in [-0.4, -0.2) is 47.4 Å². The first-order chi connectivity index (χ1) is 13.6. The maximum absolute atomic E-state index is 13.5. The maximum Gasteiger partial charge on any atom is 0.244 e. The summed E-state index contributed by atoms with van der Waals surface area (Å²) in [5, 5.41) is 13.0. The van der Waals surface area contributed by atoms with Crippen LogP contribution in [0.1, 0.15) is 34.2 Å². The Hall–Kier alpha value is -2.29. The van der Waals surface area contributed by atoms with E-state index in [2.05, 4.69) is 10.3 Å². The number of carbonyl (C=O) groups excluding carboxylic acids is 1. The van der Waals surface area contributed by atoms with Crippen molar-refractivity contribution in [1.82, 2.24) is 14.6 Å². The van der Waals surface area contributed by atoms with Gasteiger partial charge in [-0.3, -0.25) is 9.78 Å². The Kier molecular flexibility index (Phi) is 6.07. The van der Waals surface area contributed by atoms with Crippen LogP contribution >= 0.6 is 0 Å². The molecule has 2 atom stereocenters. The molecule has 1 fully saturated rings. The largest absolute Gasteiger partial charge is 0.392 e. The molecule has 1 aromatic carbocycles. The third kappa shape index (κ3) is 4.19. The zero-order chi connectivity index (χ0) is 21.3. The lowest BCUT2D eigenvalue weighted by molar-refractivity contribution is -0.124. The van der Waals surface area contributed by atoms with E-state index in [4.69, 9.17) is 0 Å². The second-order valence-electron chi connectivity index (χ2n) is 7.64. The summed E-state index contributed by atoms with van der Waals surface area (Å²) >= 11 is 0. The van der Waals surface area contributed by atoms with Crippen LogP contribution in [0.2, 0.25) is 0 Å². The molecule has 2 heterocycles. The summed E-state index contributed by atoms with van der Waals surface area (Å²) in [6.07, 6.45) is 2.45. The minimum atomic E-state index is -3.95. The normalized spacial score (nSPS) is 20.0. The third-order valence-corrected chi connectivity index (χ3v) is 7.77. The number of aliphatic hydroxyl groups is 1. The molecule has 156 valence electrons. The van der Waals surface area contributed by atoms with Crippen LogP contribution < -0.4 is 5.32 Å². The quantitative estimate of drug-likeness (QED) is 0.772. The van der Waals surface area contributed by atoms with Crippen molar-refractivity contribution in [2.24, 2.45) is 0 Å². The van der Waals surface area contributed by atoms with Crippen molar-refractivity contribution in [3.63, 3.8) is 0 Å². The van der Waals surface area contributed by atoms with Crippen LogP contribution in [-0.2, 0) is 21.4 Å². The predicted octanol–water partition coefficient (Wildman–Crippen LogP) is 1.76. The summed E-state index contributed by atoms with van der Waals surface area (Å²) in [7, 11) is -3.95. The molecular formula is C21H27N3O4S. The van der Waals surface area contributed by atoms with Gasteiger partial charge in [0.25, 0.3) is 0 Å². The highest BCUT2D eigenvalue weighted by Gasteiger charge is 2.44. The highest BCUT2D eigenvalue weighted by Crippen LogP contribution is 2.33. The van der Waals surface area contributed by atoms with Gasteiger partial charge in [-0.2, -0.15) is 4.31 Å². The zero-order valence-electron chi connectivity index (χ0n) is 17.1. The van der Waals surface area contributed by atoms with Crippen molar-refractivity contribution in [2.75, 3.05) is 6.54 Å². The van der Waals surface area contributed by atoms with E-state index in [0.29, 0.717) is 11.1 Å². The number of aliphatic hydroxyl groups excluding tert-OH is 1. The summed E-state index contributed by atoms with van der Waals surface area (Å²) in [6, 6.07) is 4.57. The van der Waals surface area contributed by atoms with Gasteiger partial charge in [-0.1, -0.05) is 6.07 Å². The van der Waals surface area contributed by atoms with E-state index in [1.165, 1.54) is 0 Å². The van der Waals surface area contributed by atoms with Crippen molar-refractivity contribution < 1.29 is 18.3 Å². The first kappa shape index (κ1) is 21.4. The summed E-state index contributed by atoms with van der Waals surface area (Å²) < 4.78 is 28.2. The van der Waals surface area contributed by atoms with Gasteiger partial charge in [-0.05, 0) is 67.6 Å². The minimum Gasteiger partial charge on any atom is -0.392 e. The number of hydrogen-bond donors (Lipinski definition) is 2. The third-order valence-electron chi connectivity index (χ3n) is 5.62. The number of amides is 1. The SMILES string of the molecule is Cc1cc(C)c(C)c(S(=O)(=O)N2C[C@@H](O)C[C@H]2C(=O)NCc2ccncc2)c1C. The summed E-state index contributed by atoms with van der Waals surface area (Å²) in [5.74, 6) is -0.415. The molecule has 29 heavy (non-hydrogen) atoms. The molecule has 3 rings (SSSR count). The van der Waals surface area contributed by atoms with E-state index < -0.39 is 28.1 Å². The fourth-order valence-corrected chi connectivity index (χ4v) is 6.00. The van der Waals surface area contributed by atoms with Gasteiger partial charge in [0.15, 0.2) is 0 Å². The topological polar surface area (TPSA) is 99.6 Å². The van der Waals surface area contributed by atoms with Gasteiger partial charge in [0, 0.05) is 31.9 Å². The molecule has 0 bridgehead atoms. The van der Waals surface area contributed by atoms with Crippen molar-refractivity contribution in [3.8, 4) is 0 Å². The molecule has 1 aliphatic rings. The second-order valence-corrected chi connectivity index (χ2v) is 9.47. The molecule has 7 nitrogen and oxygen atoms in total. The molecule has 0 saturated carbocycles. The molecule has 2 N–H and O–H groups in total. The lowest BCUT2D eigenvalue weighted by Crippen LogP contribution is -2.46. The maximum atomic E-state index is 13.5. The van der Waals surface area contributed by atoms with Crippen LogP contribution in [0.3, 0.4) is 0 Å². The fraction of sp³-hybridized carbons (Fsp3) is 0.429. The Morgan fingerprint density at radius 3 is 2.34 bits per heavy atom. The van der Waals surface area contributed by atoms with Crippen molar-refractivity contribution >= 4 is 15.9 Å². The smallest absolute Gasteiger partial charge is 0.244 e. The molecule has 0 unspecified atom stereocenters. The molecule has 1 amide bonds. The standard InChI is InChI=1S/C21H27N3O4S/c1-13-9-14(2)16(4)20(15(13)3)29(27,28)24-12-18(25)10-19(24)21(26)23-11-17-5-7-22-8-6-17/h5-9,18-19,25H,10-12H2,1-4H3,(H,23,26)/t18-,19-/m0/s1. The number of sulfonamides is 1. The minimum absolute atomic E-state index is 0.0737. The van der Waals surface area contributed by atoms with Gasteiger partial charge < -0.3 is 10.4 Å². The molecule has 0 spiro atoms. The van der Waals surface area contributed by atoms with Crippen LogP contribution in [0.5, 0.6) is 0 Å². The van der Waals surface area contributed by atoms with Gasteiger partial charge in [0.05, 0.1) is 11.0 Å². The van der Waals surface area contributed by atoms with Gasteiger partial charge in [-0.25, -0.2) is 8.42 Å². The van der Waals surface area contributed by atoms with Gasteiger partial charge in [0.2, 0.25) is 15.9 Å². The average molecular weight is 418 g/mol. The van der Waals surface area contributed by atoms with Crippen LogP contribution in [0.25, 0.3) is 0 Å². The van der Waals surface area contributed by atoms with Gasteiger partial charge in [0.1, 0.15) is 6.04 Å². The number of aryl methyl sites for hydroxylation is 2. The summed E-state index contributed by atoms with van der Waals surface area (Å²) in [4.78, 5) is 17.0. The summed E-state index contributed by atoms with van der Waals surface area (Å²) in [6.45, 7) is 7.47. The number of carbonyl (C=O) groups is 1. The molecule has 1 saturated heterocycles. The molecule has 0 aliphatic carbocycles. The zero-order valence-corrected chi connectivity index (χ0v) is 18.0. The van der Waals surface area contributed by atoms with Crippen molar-refractivity contribution in [3.05, 3.63) is 58.4 Å². The Labute approximate surface area is 171 Å². The van der Waals surface area contributed by atoms with Crippen molar-refractivity contribution in [1.29, 1.82) is 0 Å². The molecule has 1 aromatic heterocycles. The molecule has 0 radical (unpaired) electrons. The first-order valence-electron chi connectivity index (χ1n) is 9.57. The molecule has 2 aromatic rings. The van der Waals surface area contributed by atoms with Gasteiger partial charge in [-0.15, -0.1) is 0 Å². The van der Waals surface area contributed by atoms with E-state index in [0.717, 1.165) is 21.0 Å². The fourth-order valence-electron chi connectivity index (χ4n) is 3.78. The first-order valence-corrected chi connectivity index (χ1v) is 11.0. The number of benzene rings is 1. The average Bonchev–Trinajstić information content (AvgIpc) is 3.08. The van der Waals surface area contributed by atoms with Crippen LogP contribution in [0.4, 0.5) is 0 Å². The monoisotopic (exact) mass is 417 g/mol. The van der Waals surface area contributed by atoms with Crippen LogP contribution in [0.15, 0.2) is 35.5 Å². The number of hydrogen-bond acceptors (Lipinski definition) is 5. The number of β-amino-alcohol motifs (C(OH)–C–C–N with tert-alkyl or cyclic N) is 1. The second kappa shape index (κ2) is 8.22.